The molecule has 1 fully saturated rings. The SMILES string of the molecule is CC1(C)C(=O)C(C=O)C[C@]2(C)c3c(cnc4ccnn34)CC[C@@H]12. The highest BCUT2D eigenvalue weighted by Crippen LogP contribution is 2.56. The molecule has 23 heavy (non-hydrogen) atoms. The van der Waals surface area contributed by atoms with E-state index >= 15 is 0 Å². The van der Waals surface area contributed by atoms with Crippen LogP contribution in [0.3, 0.4) is 0 Å². The maximum atomic E-state index is 12.7. The van der Waals surface area contributed by atoms with E-state index in [-0.39, 0.29) is 17.1 Å². The van der Waals surface area contributed by atoms with Gasteiger partial charge in [-0.25, -0.2) is 9.50 Å². The summed E-state index contributed by atoms with van der Waals surface area (Å²) in [6, 6.07) is 1.89. The van der Waals surface area contributed by atoms with Gasteiger partial charge in [-0.15, -0.1) is 0 Å². The lowest BCUT2D eigenvalue weighted by molar-refractivity contribution is -0.145. The number of aldehydes is 1. The number of fused-ring (bicyclic) bond motifs is 5. The summed E-state index contributed by atoms with van der Waals surface area (Å²) in [5.74, 6) is -0.235. The maximum Gasteiger partial charge on any atom is 0.155 e. The molecule has 2 heterocycles. The van der Waals surface area contributed by atoms with Crippen LogP contribution in [0.25, 0.3) is 5.65 Å². The van der Waals surface area contributed by atoms with Gasteiger partial charge in [0.1, 0.15) is 12.1 Å². The lowest BCUT2D eigenvalue weighted by atomic mass is 9.49. The second-order valence-electron chi connectivity index (χ2n) is 7.77. The van der Waals surface area contributed by atoms with Gasteiger partial charge in [0, 0.05) is 23.1 Å². The van der Waals surface area contributed by atoms with E-state index in [1.54, 1.807) is 6.20 Å². The van der Waals surface area contributed by atoms with E-state index in [2.05, 4.69) is 17.0 Å². The molecule has 0 aromatic carbocycles. The van der Waals surface area contributed by atoms with Crippen molar-refractivity contribution in [3.05, 3.63) is 29.7 Å². The molecular weight excluding hydrogens is 290 g/mol. The Morgan fingerprint density at radius 3 is 2.87 bits per heavy atom. The Morgan fingerprint density at radius 2 is 2.13 bits per heavy atom. The van der Waals surface area contributed by atoms with Crippen molar-refractivity contribution in [1.29, 1.82) is 0 Å². The minimum absolute atomic E-state index is 0.0872. The fraction of sp³-hybridized carbons (Fsp3) is 0.556. The monoisotopic (exact) mass is 311 g/mol. The molecule has 0 saturated heterocycles. The number of carbonyl (C=O) groups is 2. The van der Waals surface area contributed by atoms with Crippen molar-refractivity contribution in [3.63, 3.8) is 0 Å². The highest BCUT2D eigenvalue weighted by atomic mass is 16.1. The summed E-state index contributed by atoms with van der Waals surface area (Å²) in [5, 5.41) is 4.47. The quantitative estimate of drug-likeness (QED) is 0.599. The van der Waals surface area contributed by atoms with Gasteiger partial charge >= 0.3 is 0 Å². The Hall–Kier alpha value is -2.04. The van der Waals surface area contributed by atoms with Crippen LogP contribution in [0.15, 0.2) is 18.5 Å². The minimum Gasteiger partial charge on any atom is -0.303 e. The van der Waals surface area contributed by atoms with Crippen molar-refractivity contribution >= 4 is 17.7 Å². The number of rotatable bonds is 1. The van der Waals surface area contributed by atoms with Crippen molar-refractivity contribution < 1.29 is 9.59 Å². The standard InChI is InChI=1S/C18H21N3O2/c1-17(2)13-5-4-11-9-19-14-6-7-20-21(14)15(11)18(13,3)8-12(10-22)16(17)23/h6-7,9-10,12-13H,4-5,8H2,1-3H3/t12?,13-,18-/m0/s1. The lowest BCUT2D eigenvalue weighted by Crippen LogP contribution is -2.56. The number of aryl methyl sites for hydroxylation is 1. The van der Waals surface area contributed by atoms with Crippen LogP contribution in [0, 0.1) is 17.3 Å². The van der Waals surface area contributed by atoms with E-state index in [9.17, 15) is 9.59 Å². The molecule has 0 bridgehead atoms. The van der Waals surface area contributed by atoms with Crippen LogP contribution in [-0.4, -0.2) is 26.7 Å². The zero-order valence-corrected chi connectivity index (χ0v) is 13.7. The van der Waals surface area contributed by atoms with Gasteiger partial charge in [0.25, 0.3) is 0 Å². The Morgan fingerprint density at radius 1 is 1.35 bits per heavy atom. The van der Waals surface area contributed by atoms with Crippen molar-refractivity contribution in [2.75, 3.05) is 0 Å². The van der Waals surface area contributed by atoms with Crippen LogP contribution >= 0.6 is 0 Å². The van der Waals surface area contributed by atoms with Gasteiger partial charge in [0.15, 0.2) is 5.65 Å². The Balaban J connectivity index is 1.99. The lowest BCUT2D eigenvalue weighted by Gasteiger charge is -2.54. The molecule has 1 saturated carbocycles. The van der Waals surface area contributed by atoms with E-state index in [1.807, 2.05) is 30.6 Å². The van der Waals surface area contributed by atoms with Crippen molar-refractivity contribution in [2.24, 2.45) is 17.3 Å². The summed E-state index contributed by atoms with van der Waals surface area (Å²) < 4.78 is 1.91. The number of ketones is 1. The topological polar surface area (TPSA) is 64.3 Å². The first-order chi connectivity index (χ1) is 10.9. The van der Waals surface area contributed by atoms with Gasteiger partial charge in [-0.1, -0.05) is 20.8 Å². The van der Waals surface area contributed by atoms with Gasteiger partial charge in [-0.05, 0) is 30.7 Å². The fourth-order valence-electron chi connectivity index (χ4n) is 5.19. The summed E-state index contributed by atoms with van der Waals surface area (Å²) >= 11 is 0. The van der Waals surface area contributed by atoms with E-state index in [4.69, 9.17) is 0 Å². The molecule has 2 aliphatic carbocycles. The van der Waals surface area contributed by atoms with E-state index < -0.39 is 11.3 Å². The molecule has 0 N–H and O–H groups in total. The van der Waals surface area contributed by atoms with Crippen LogP contribution in [0.1, 0.15) is 44.9 Å². The second kappa shape index (κ2) is 4.49. The van der Waals surface area contributed by atoms with Gasteiger partial charge in [-0.3, -0.25) is 4.79 Å². The molecule has 0 amide bonds. The molecule has 5 heteroatoms. The first-order valence-corrected chi connectivity index (χ1v) is 8.21. The molecule has 1 unspecified atom stereocenters. The van der Waals surface area contributed by atoms with Gasteiger partial charge in [-0.2, -0.15) is 5.10 Å². The Kier molecular flexibility index (Phi) is 2.84. The van der Waals surface area contributed by atoms with Crippen LogP contribution in [-0.2, 0) is 21.4 Å². The van der Waals surface area contributed by atoms with Gasteiger partial charge < -0.3 is 4.79 Å². The van der Waals surface area contributed by atoms with E-state index in [0.29, 0.717) is 6.42 Å². The number of carbonyl (C=O) groups excluding carboxylic acids is 2. The van der Waals surface area contributed by atoms with Crippen molar-refractivity contribution in [3.8, 4) is 0 Å². The molecule has 0 radical (unpaired) electrons. The van der Waals surface area contributed by atoms with Crippen LogP contribution in [0.2, 0.25) is 0 Å². The zero-order valence-electron chi connectivity index (χ0n) is 13.7. The molecule has 0 spiro atoms. The van der Waals surface area contributed by atoms with Gasteiger partial charge in [0.05, 0.1) is 17.8 Å². The third kappa shape index (κ3) is 1.73. The number of hydrogen-bond acceptors (Lipinski definition) is 4. The third-order valence-electron chi connectivity index (χ3n) is 6.15. The average Bonchev–Trinajstić information content (AvgIpc) is 2.99. The minimum atomic E-state index is -0.532. The highest BCUT2D eigenvalue weighted by Gasteiger charge is 2.57. The molecule has 2 aliphatic rings. The highest BCUT2D eigenvalue weighted by molar-refractivity contribution is 5.98. The number of hydrogen-bond donors (Lipinski definition) is 0. The summed E-state index contributed by atoms with van der Waals surface area (Å²) in [7, 11) is 0. The first-order valence-electron chi connectivity index (χ1n) is 8.21. The summed E-state index contributed by atoms with van der Waals surface area (Å²) in [5.41, 5.74) is 2.40. The number of nitrogens with zero attached hydrogens (tertiary/aromatic N) is 3. The Bertz CT molecular complexity index is 823. The number of Topliss-reactive ketones (excluding diaryl/α,β-unsaturated/α-hetero) is 1. The van der Waals surface area contributed by atoms with Crippen molar-refractivity contribution in [2.45, 2.75) is 45.4 Å². The van der Waals surface area contributed by atoms with Crippen LogP contribution < -0.4 is 0 Å². The summed E-state index contributed by atoms with van der Waals surface area (Å²) in [4.78, 5) is 28.8. The molecule has 5 nitrogen and oxygen atoms in total. The molecule has 4 rings (SSSR count). The second-order valence-corrected chi connectivity index (χ2v) is 7.77. The molecule has 0 aliphatic heterocycles. The van der Waals surface area contributed by atoms with E-state index in [0.717, 1.165) is 30.5 Å². The van der Waals surface area contributed by atoms with Gasteiger partial charge in [0.2, 0.25) is 0 Å². The number of aromatic nitrogens is 3. The summed E-state index contributed by atoms with van der Waals surface area (Å²) in [6.45, 7) is 6.20. The molecule has 3 atom stereocenters. The fourth-order valence-corrected chi connectivity index (χ4v) is 5.19. The molecular formula is C18H21N3O2. The van der Waals surface area contributed by atoms with E-state index in [1.165, 1.54) is 5.56 Å². The van der Waals surface area contributed by atoms with Crippen LogP contribution in [0.4, 0.5) is 0 Å². The van der Waals surface area contributed by atoms with Crippen molar-refractivity contribution in [1.82, 2.24) is 14.6 Å². The van der Waals surface area contributed by atoms with Crippen LogP contribution in [0.5, 0.6) is 0 Å². The predicted molar refractivity (Wildman–Crippen MR) is 85.1 cm³/mol. The smallest absolute Gasteiger partial charge is 0.155 e. The summed E-state index contributed by atoms with van der Waals surface area (Å²) in [6.07, 6.45) is 6.94. The third-order valence-corrected chi connectivity index (χ3v) is 6.15. The molecule has 2 aromatic rings. The normalized spacial score (nSPS) is 32.4. The predicted octanol–water partition coefficient (Wildman–Crippen LogP) is 2.36. The average molecular weight is 311 g/mol. The molecule has 120 valence electrons. The zero-order chi connectivity index (χ0) is 16.4. The largest absolute Gasteiger partial charge is 0.303 e. The Labute approximate surface area is 135 Å². The molecule has 2 aromatic heterocycles. The maximum absolute atomic E-state index is 12.7. The first kappa shape index (κ1) is 14.5.